The number of rotatable bonds is 7. The number of aromatic nitrogens is 3. The van der Waals surface area contributed by atoms with Crippen LogP contribution in [0.25, 0.3) is 0 Å². The molecule has 4 rings (SSSR count). The molecule has 0 bridgehead atoms. The summed E-state index contributed by atoms with van der Waals surface area (Å²) in [7, 11) is 1.74. The van der Waals surface area contributed by atoms with E-state index < -0.39 is 17.8 Å². The predicted molar refractivity (Wildman–Crippen MR) is 128 cm³/mol. The van der Waals surface area contributed by atoms with E-state index in [1.165, 1.54) is 46.2 Å². The molecule has 0 saturated heterocycles. The molecule has 1 unspecified atom stereocenters. The molecule has 0 aliphatic heterocycles. The van der Waals surface area contributed by atoms with E-state index in [1.54, 1.807) is 24.6 Å². The molecular weight excluding hydrogens is 475 g/mol. The minimum atomic E-state index is -0.599. The molecular formula is C23H23FN6O2S2. The summed E-state index contributed by atoms with van der Waals surface area (Å²) in [5.74, 6) is -0.807. The number of anilines is 1. The summed E-state index contributed by atoms with van der Waals surface area (Å²) < 4.78 is 15.6. The van der Waals surface area contributed by atoms with E-state index >= 15 is 0 Å². The standard InChI is InChI=1S/C23H23FN6O2S2/c1-13(26-21(32)15-8-3-5-9-17(15)24)20-28-29-23(30(20)2)33-12-19(31)27-22-16(11-25)14-7-4-6-10-18(14)34-22/h3,5,8-9,13H,4,6-7,10,12H2,1-2H3,(H,26,32)(H,27,31). The van der Waals surface area contributed by atoms with Crippen molar-refractivity contribution in [3.63, 3.8) is 0 Å². The number of halogens is 1. The van der Waals surface area contributed by atoms with Gasteiger partial charge in [0, 0.05) is 11.9 Å². The zero-order valence-electron chi connectivity index (χ0n) is 18.7. The first kappa shape index (κ1) is 23.9. The highest BCUT2D eigenvalue weighted by atomic mass is 32.2. The summed E-state index contributed by atoms with van der Waals surface area (Å²) in [5, 5.41) is 24.5. The van der Waals surface area contributed by atoms with Crippen molar-refractivity contribution in [1.29, 1.82) is 5.26 Å². The van der Waals surface area contributed by atoms with E-state index in [-0.39, 0.29) is 17.2 Å². The number of carbonyl (C=O) groups is 2. The Morgan fingerprint density at radius 1 is 1.29 bits per heavy atom. The number of nitriles is 1. The molecule has 1 atom stereocenters. The predicted octanol–water partition coefficient (Wildman–Crippen LogP) is 3.99. The fraction of sp³-hybridized carbons (Fsp3) is 0.348. The fourth-order valence-electron chi connectivity index (χ4n) is 3.88. The minimum absolute atomic E-state index is 0.0465. The van der Waals surface area contributed by atoms with E-state index in [9.17, 15) is 19.2 Å². The average molecular weight is 499 g/mol. The second kappa shape index (κ2) is 10.4. The second-order valence-electron chi connectivity index (χ2n) is 7.94. The molecule has 11 heteroatoms. The zero-order chi connectivity index (χ0) is 24.2. The van der Waals surface area contributed by atoms with Gasteiger partial charge >= 0.3 is 0 Å². The first-order valence-electron chi connectivity index (χ1n) is 10.8. The molecule has 0 fully saturated rings. The Kier molecular flexibility index (Phi) is 7.29. The monoisotopic (exact) mass is 498 g/mol. The van der Waals surface area contributed by atoms with Gasteiger partial charge in [0.25, 0.3) is 5.91 Å². The number of hydrogen-bond acceptors (Lipinski definition) is 7. The van der Waals surface area contributed by atoms with Gasteiger partial charge in [-0.3, -0.25) is 9.59 Å². The topological polar surface area (TPSA) is 113 Å². The van der Waals surface area contributed by atoms with Gasteiger partial charge in [-0.15, -0.1) is 21.5 Å². The van der Waals surface area contributed by atoms with Crippen molar-refractivity contribution >= 4 is 39.9 Å². The van der Waals surface area contributed by atoms with Crippen molar-refractivity contribution in [1.82, 2.24) is 20.1 Å². The third-order valence-electron chi connectivity index (χ3n) is 5.59. The normalized spacial score (nSPS) is 13.6. The Bertz CT molecular complexity index is 1280. The number of fused-ring (bicyclic) bond motifs is 1. The van der Waals surface area contributed by atoms with E-state index in [0.717, 1.165) is 31.2 Å². The van der Waals surface area contributed by atoms with Crippen LogP contribution >= 0.6 is 23.1 Å². The van der Waals surface area contributed by atoms with E-state index in [0.29, 0.717) is 21.5 Å². The van der Waals surface area contributed by atoms with Crippen LogP contribution in [0.4, 0.5) is 9.39 Å². The summed E-state index contributed by atoms with van der Waals surface area (Å²) in [4.78, 5) is 26.2. The van der Waals surface area contributed by atoms with Gasteiger partial charge in [0.1, 0.15) is 16.9 Å². The van der Waals surface area contributed by atoms with Crippen molar-refractivity contribution in [3.8, 4) is 6.07 Å². The zero-order valence-corrected chi connectivity index (χ0v) is 20.4. The molecule has 2 amide bonds. The number of carbonyl (C=O) groups excluding carboxylic acids is 2. The molecule has 0 radical (unpaired) electrons. The van der Waals surface area contributed by atoms with Crippen LogP contribution in [0.2, 0.25) is 0 Å². The van der Waals surface area contributed by atoms with Gasteiger partial charge in [0.2, 0.25) is 5.91 Å². The summed E-state index contributed by atoms with van der Waals surface area (Å²) in [6.07, 6.45) is 4.00. The van der Waals surface area contributed by atoms with Crippen molar-refractivity contribution < 1.29 is 14.0 Å². The van der Waals surface area contributed by atoms with Gasteiger partial charge in [-0.1, -0.05) is 23.9 Å². The lowest BCUT2D eigenvalue weighted by Crippen LogP contribution is -2.29. The van der Waals surface area contributed by atoms with Gasteiger partial charge in [-0.2, -0.15) is 5.26 Å². The molecule has 2 N–H and O–H groups in total. The lowest BCUT2D eigenvalue weighted by molar-refractivity contribution is -0.113. The molecule has 0 saturated carbocycles. The number of thiophene rings is 1. The SMILES string of the molecule is CC(NC(=O)c1ccccc1F)c1nnc(SCC(=O)Nc2sc3c(c2C#N)CCCC3)n1C. The van der Waals surface area contributed by atoms with Crippen LogP contribution < -0.4 is 10.6 Å². The van der Waals surface area contributed by atoms with Crippen LogP contribution in [0.3, 0.4) is 0 Å². The lowest BCUT2D eigenvalue weighted by atomic mass is 9.96. The molecule has 176 valence electrons. The molecule has 0 spiro atoms. The highest BCUT2D eigenvalue weighted by Crippen LogP contribution is 2.37. The quantitative estimate of drug-likeness (QED) is 0.477. The molecule has 2 heterocycles. The number of hydrogen-bond donors (Lipinski definition) is 2. The number of aryl methyl sites for hydroxylation is 1. The summed E-state index contributed by atoms with van der Waals surface area (Å²) in [5.41, 5.74) is 1.61. The number of amides is 2. The smallest absolute Gasteiger partial charge is 0.254 e. The van der Waals surface area contributed by atoms with Gasteiger partial charge < -0.3 is 15.2 Å². The summed E-state index contributed by atoms with van der Waals surface area (Å²) in [6, 6.07) is 7.47. The van der Waals surface area contributed by atoms with E-state index in [4.69, 9.17) is 0 Å². The third-order valence-corrected chi connectivity index (χ3v) is 7.82. The van der Waals surface area contributed by atoms with Crippen LogP contribution in [0.5, 0.6) is 0 Å². The molecule has 3 aromatic rings. The molecule has 2 aromatic heterocycles. The van der Waals surface area contributed by atoms with Gasteiger partial charge in [-0.05, 0) is 50.3 Å². The first-order valence-corrected chi connectivity index (χ1v) is 12.6. The van der Waals surface area contributed by atoms with Crippen molar-refractivity contribution in [2.45, 2.75) is 43.8 Å². The Morgan fingerprint density at radius 2 is 2.06 bits per heavy atom. The lowest BCUT2D eigenvalue weighted by Gasteiger charge is -2.14. The van der Waals surface area contributed by atoms with Crippen molar-refractivity contribution in [2.24, 2.45) is 7.05 Å². The summed E-state index contributed by atoms with van der Waals surface area (Å²) >= 11 is 2.69. The van der Waals surface area contributed by atoms with Crippen LogP contribution in [0.1, 0.15) is 58.0 Å². The Morgan fingerprint density at radius 3 is 2.82 bits per heavy atom. The first-order chi connectivity index (χ1) is 16.4. The number of nitrogens with one attached hydrogen (secondary N) is 2. The van der Waals surface area contributed by atoms with Gasteiger partial charge in [0.05, 0.1) is 22.9 Å². The highest BCUT2D eigenvalue weighted by molar-refractivity contribution is 7.99. The number of thioether (sulfide) groups is 1. The maximum Gasteiger partial charge on any atom is 0.254 e. The third kappa shape index (κ3) is 4.98. The summed E-state index contributed by atoms with van der Waals surface area (Å²) in [6.45, 7) is 1.73. The molecule has 34 heavy (non-hydrogen) atoms. The van der Waals surface area contributed by atoms with Crippen LogP contribution in [-0.2, 0) is 24.7 Å². The molecule has 8 nitrogen and oxygen atoms in total. The maximum absolute atomic E-state index is 13.9. The highest BCUT2D eigenvalue weighted by Gasteiger charge is 2.23. The van der Waals surface area contributed by atoms with Crippen molar-refractivity contribution in [3.05, 3.63) is 57.5 Å². The Labute approximate surface area is 204 Å². The fourth-order valence-corrected chi connectivity index (χ4v) is 5.85. The number of benzene rings is 1. The maximum atomic E-state index is 13.9. The molecule has 1 aliphatic carbocycles. The number of nitrogens with zero attached hydrogens (tertiary/aromatic N) is 4. The van der Waals surface area contributed by atoms with Crippen LogP contribution in [-0.4, -0.2) is 32.3 Å². The molecule has 1 aromatic carbocycles. The van der Waals surface area contributed by atoms with Crippen LogP contribution in [0, 0.1) is 17.1 Å². The van der Waals surface area contributed by atoms with Gasteiger partial charge in [-0.25, -0.2) is 4.39 Å². The Hall–Kier alpha value is -3.23. The van der Waals surface area contributed by atoms with E-state index in [2.05, 4.69) is 26.9 Å². The van der Waals surface area contributed by atoms with Gasteiger partial charge in [0.15, 0.2) is 11.0 Å². The largest absolute Gasteiger partial charge is 0.342 e. The van der Waals surface area contributed by atoms with E-state index in [1.807, 2.05) is 0 Å². The van der Waals surface area contributed by atoms with Crippen molar-refractivity contribution in [2.75, 3.05) is 11.1 Å². The molecule has 1 aliphatic rings. The average Bonchev–Trinajstić information content (AvgIpc) is 3.37. The second-order valence-corrected chi connectivity index (χ2v) is 9.99. The Balaban J connectivity index is 1.37. The minimum Gasteiger partial charge on any atom is -0.342 e. The van der Waals surface area contributed by atoms with Crippen LogP contribution in [0.15, 0.2) is 29.4 Å².